The Hall–Kier alpha value is -2.30. The van der Waals surface area contributed by atoms with E-state index in [1.54, 1.807) is 12.1 Å². The molecule has 0 atom stereocenters. The molecule has 0 radical (unpaired) electrons. The lowest BCUT2D eigenvalue weighted by molar-refractivity contribution is -0.124. The number of benzene rings is 1. The zero-order valence-electron chi connectivity index (χ0n) is 11.0. The SMILES string of the molecule is C=C(CC)NNC(=O)CCC(=O)Nc1ccccc1. The van der Waals surface area contributed by atoms with E-state index in [2.05, 4.69) is 22.7 Å². The van der Waals surface area contributed by atoms with E-state index in [1.807, 2.05) is 25.1 Å². The molecule has 0 heterocycles. The third-order valence-corrected chi connectivity index (χ3v) is 2.44. The highest BCUT2D eigenvalue weighted by molar-refractivity contribution is 5.93. The zero-order chi connectivity index (χ0) is 14.1. The molecule has 1 rings (SSSR count). The van der Waals surface area contributed by atoms with Crippen molar-refractivity contribution in [1.82, 2.24) is 10.9 Å². The van der Waals surface area contributed by atoms with Crippen molar-refractivity contribution in [3.63, 3.8) is 0 Å². The summed E-state index contributed by atoms with van der Waals surface area (Å²) < 4.78 is 0. The Bertz CT molecular complexity index is 443. The number of carbonyl (C=O) groups excluding carboxylic acids is 2. The third kappa shape index (κ3) is 6.26. The summed E-state index contributed by atoms with van der Waals surface area (Å²) in [6.45, 7) is 5.62. The summed E-state index contributed by atoms with van der Waals surface area (Å²) in [5.74, 6) is -0.423. The summed E-state index contributed by atoms with van der Waals surface area (Å²) in [5, 5.41) is 2.72. The number of carbonyl (C=O) groups is 2. The van der Waals surface area contributed by atoms with Gasteiger partial charge in [-0.1, -0.05) is 31.7 Å². The molecule has 0 bridgehead atoms. The van der Waals surface area contributed by atoms with Crippen molar-refractivity contribution in [2.45, 2.75) is 26.2 Å². The molecule has 3 N–H and O–H groups in total. The van der Waals surface area contributed by atoms with Gasteiger partial charge in [0.25, 0.3) is 0 Å². The predicted molar refractivity (Wildman–Crippen MR) is 75.0 cm³/mol. The van der Waals surface area contributed by atoms with E-state index in [0.29, 0.717) is 0 Å². The van der Waals surface area contributed by atoms with Gasteiger partial charge in [-0.05, 0) is 18.6 Å². The molecule has 0 saturated carbocycles. The van der Waals surface area contributed by atoms with Crippen LogP contribution < -0.4 is 16.2 Å². The minimum Gasteiger partial charge on any atom is -0.326 e. The van der Waals surface area contributed by atoms with Gasteiger partial charge >= 0.3 is 0 Å². The highest BCUT2D eigenvalue weighted by Gasteiger charge is 2.06. The molecular weight excluding hydrogens is 242 g/mol. The zero-order valence-corrected chi connectivity index (χ0v) is 11.0. The molecule has 5 nitrogen and oxygen atoms in total. The summed E-state index contributed by atoms with van der Waals surface area (Å²) in [6, 6.07) is 9.14. The molecule has 19 heavy (non-hydrogen) atoms. The maximum absolute atomic E-state index is 11.6. The minimum atomic E-state index is -0.238. The molecule has 1 aromatic carbocycles. The van der Waals surface area contributed by atoms with Gasteiger partial charge in [0.05, 0.1) is 0 Å². The molecule has 0 aliphatic carbocycles. The minimum absolute atomic E-state index is 0.128. The van der Waals surface area contributed by atoms with Crippen molar-refractivity contribution < 1.29 is 9.59 Å². The Morgan fingerprint density at radius 2 is 1.68 bits per heavy atom. The van der Waals surface area contributed by atoms with Crippen LogP contribution in [0.1, 0.15) is 26.2 Å². The Labute approximate surface area is 113 Å². The van der Waals surface area contributed by atoms with Crippen LogP contribution in [0.5, 0.6) is 0 Å². The molecule has 0 saturated heterocycles. The van der Waals surface area contributed by atoms with Crippen molar-refractivity contribution in [3.05, 3.63) is 42.6 Å². The van der Waals surface area contributed by atoms with Crippen LogP contribution in [0.3, 0.4) is 0 Å². The maximum Gasteiger partial charge on any atom is 0.238 e. The van der Waals surface area contributed by atoms with Crippen LogP contribution >= 0.6 is 0 Å². The Morgan fingerprint density at radius 3 is 2.32 bits per heavy atom. The second kappa shape index (κ2) is 7.92. The number of anilines is 1. The standard InChI is InChI=1S/C14H19N3O2/c1-3-11(2)16-17-14(19)10-9-13(18)15-12-7-5-4-6-8-12/h4-8,16H,2-3,9-10H2,1H3,(H,15,18)(H,17,19). The average molecular weight is 261 g/mol. The van der Waals surface area contributed by atoms with Crippen LogP contribution in [0.4, 0.5) is 5.69 Å². The molecule has 2 amide bonds. The van der Waals surface area contributed by atoms with Crippen molar-refractivity contribution in [2.24, 2.45) is 0 Å². The van der Waals surface area contributed by atoms with E-state index < -0.39 is 0 Å². The number of para-hydroxylation sites is 1. The van der Waals surface area contributed by atoms with Crippen LogP contribution in [0, 0.1) is 0 Å². The molecule has 0 aromatic heterocycles. The average Bonchev–Trinajstić information content (AvgIpc) is 2.43. The van der Waals surface area contributed by atoms with Gasteiger partial charge in [0, 0.05) is 24.2 Å². The highest BCUT2D eigenvalue weighted by atomic mass is 16.2. The lowest BCUT2D eigenvalue weighted by Gasteiger charge is -2.09. The molecule has 0 spiro atoms. The summed E-state index contributed by atoms with van der Waals surface area (Å²) in [4.78, 5) is 23.0. The molecule has 102 valence electrons. The fraction of sp³-hybridized carbons (Fsp3) is 0.286. The van der Waals surface area contributed by atoms with Crippen LogP contribution in [0.25, 0.3) is 0 Å². The number of rotatable bonds is 7. The first-order valence-corrected chi connectivity index (χ1v) is 6.19. The van der Waals surface area contributed by atoms with Gasteiger partial charge in [-0.25, -0.2) is 0 Å². The normalized spacial score (nSPS) is 9.53. The monoisotopic (exact) mass is 261 g/mol. The van der Waals surface area contributed by atoms with Crippen LogP contribution in [-0.2, 0) is 9.59 Å². The van der Waals surface area contributed by atoms with E-state index >= 15 is 0 Å². The van der Waals surface area contributed by atoms with Crippen molar-refractivity contribution in [2.75, 3.05) is 5.32 Å². The van der Waals surface area contributed by atoms with Gasteiger partial charge in [-0.15, -0.1) is 0 Å². The number of hydrogen-bond donors (Lipinski definition) is 3. The first-order chi connectivity index (χ1) is 9.11. The Morgan fingerprint density at radius 1 is 1.05 bits per heavy atom. The summed E-state index contributed by atoms with van der Waals surface area (Å²) in [7, 11) is 0. The summed E-state index contributed by atoms with van der Waals surface area (Å²) in [6.07, 6.45) is 0.998. The second-order valence-corrected chi connectivity index (χ2v) is 4.04. The number of hydrogen-bond acceptors (Lipinski definition) is 3. The first kappa shape index (κ1) is 14.8. The summed E-state index contributed by atoms with van der Waals surface area (Å²) >= 11 is 0. The van der Waals surface area contributed by atoms with Crippen LogP contribution in [0.2, 0.25) is 0 Å². The predicted octanol–water partition coefficient (Wildman–Crippen LogP) is 1.95. The molecular formula is C14H19N3O2. The maximum atomic E-state index is 11.6. The molecule has 5 heteroatoms. The molecule has 0 unspecified atom stereocenters. The fourth-order valence-electron chi connectivity index (χ4n) is 1.28. The van der Waals surface area contributed by atoms with Gasteiger partial charge in [0.2, 0.25) is 11.8 Å². The topological polar surface area (TPSA) is 70.2 Å². The number of allylic oxidation sites excluding steroid dienone is 1. The van der Waals surface area contributed by atoms with Gasteiger partial charge in [-0.2, -0.15) is 0 Å². The van der Waals surface area contributed by atoms with E-state index in [-0.39, 0.29) is 24.7 Å². The molecule has 0 fully saturated rings. The quantitative estimate of drug-likeness (QED) is 0.657. The van der Waals surface area contributed by atoms with Crippen LogP contribution in [0.15, 0.2) is 42.6 Å². The van der Waals surface area contributed by atoms with Gasteiger partial charge in [0.15, 0.2) is 0 Å². The van der Waals surface area contributed by atoms with Gasteiger partial charge in [-0.3, -0.25) is 15.0 Å². The van der Waals surface area contributed by atoms with Crippen LogP contribution in [-0.4, -0.2) is 11.8 Å². The van der Waals surface area contributed by atoms with Gasteiger partial charge < -0.3 is 10.7 Å². The van der Waals surface area contributed by atoms with Crippen molar-refractivity contribution in [3.8, 4) is 0 Å². The third-order valence-electron chi connectivity index (χ3n) is 2.44. The van der Waals surface area contributed by atoms with Crippen molar-refractivity contribution in [1.29, 1.82) is 0 Å². The second-order valence-electron chi connectivity index (χ2n) is 4.04. The molecule has 1 aromatic rings. The Balaban J connectivity index is 2.23. The first-order valence-electron chi connectivity index (χ1n) is 6.19. The Kier molecular flexibility index (Phi) is 6.15. The largest absolute Gasteiger partial charge is 0.326 e. The van der Waals surface area contributed by atoms with Gasteiger partial charge in [0.1, 0.15) is 0 Å². The fourth-order valence-corrected chi connectivity index (χ4v) is 1.28. The number of nitrogens with one attached hydrogen (secondary N) is 3. The van der Waals surface area contributed by atoms with Crippen molar-refractivity contribution >= 4 is 17.5 Å². The van der Waals surface area contributed by atoms with E-state index in [0.717, 1.165) is 17.8 Å². The smallest absolute Gasteiger partial charge is 0.238 e. The summed E-state index contributed by atoms with van der Waals surface area (Å²) in [5.41, 5.74) is 6.62. The molecule has 0 aliphatic heterocycles. The number of hydrazine groups is 1. The lowest BCUT2D eigenvalue weighted by atomic mass is 10.2. The number of amides is 2. The lowest BCUT2D eigenvalue weighted by Crippen LogP contribution is -2.36. The highest BCUT2D eigenvalue weighted by Crippen LogP contribution is 2.05. The van der Waals surface area contributed by atoms with E-state index in [9.17, 15) is 9.59 Å². The molecule has 0 aliphatic rings. The van der Waals surface area contributed by atoms with E-state index in [1.165, 1.54) is 0 Å². The van der Waals surface area contributed by atoms with E-state index in [4.69, 9.17) is 0 Å².